The van der Waals surface area contributed by atoms with Gasteiger partial charge in [0.05, 0.1) is 11.5 Å². The molecule has 1 amide bonds. The first-order valence-corrected chi connectivity index (χ1v) is 7.37. The van der Waals surface area contributed by atoms with E-state index in [4.69, 9.17) is 4.74 Å². The van der Waals surface area contributed by atoms with Crippen LogP contribution in [0.1, 0.15) is 39.2 Å². The number of hydrogen-bond acceptors (Lipinski definition) is 4. The smallest absolute Gasteiger partial charge is 0.311 e. The van der Waals surface area contributed by atoms with Gasteiger partial charge in [-0.25, -0.2) is 0 Å². The highest BCUT2D eigenvalue weighted by Crippen LogP contribution is 2.28. The first kappa shape index (κ1) is 17.7. The quantitative estimate of drug-likeness (QED) is 0.454. The maximum atomic E-state index is 11.7. The Labute approximate surface area is 130 Å². The largest absolute Gasteiger partial charge is 0.487 e. The summed E-state index contributed by atoms with van der Waals surface area (Å²) in [5.41, 5.74) is 0.479. The third-order valence-corrected chi connectivity index (χ3v) is 3.07. The predicted octanol–water partition coefficient (Wildman–Crippen LogP) is 3.31. The van der Waals surface area contributed by atoms with Gasteiger partial charge in [-0.3, -0.25) is 14.9 Å². The monoisotopic (exact) mass is 306 g/mol. The number of nitrogens with zero attached hydrogens (tertiary/aromatic N) is 1. The van der Waals surface area contributed by atoms with Crippen LogP contribution in [0.2, 0.25) is 0 Å². The molecule has 0 fully saturated rings. The molecule has 6 heteroatoms. The minimum absolute atomic E-state index is 0.0938. The number of nitrogens with one attached hydrogen (secondary N) is 1. The highest BCUT2D eigenvalue weighted by Gasteiger charge is 2.15. The lowest BCUT2D eigenvalue weighted by Gasteiger charge is -2.08. The average Bonchev–Trinajstić information content (AvgIpc) is 2.50. The van der Waals surface area contributed by atoms with Crippen molar-refractivity contribution in [3.8, 4) is 5.75 Å². The van der Waals surface area contributed by atoms with Gasteiger partial charge in [0.1, 0.15) is 0 Å². The molecule has 0 radical (unpaired) electrons. The second kappa shape index (κ2) is 8.81. The maximum absolute atomic E-state index is 11.7. The molecular formula is C16H22N2O4. The molecule has 1 atom stereocenters. The van der Waals surface area contributed by atoms with E-state index in [2.05, 4.69) is 5.32 Å². The molecule has 0 bridgehead atoms. The van der Waals surface area contributed by atoms with Crippen molar-refractivity contribution < 1.29 is 14.5 Å². The Morgan fingerprint density at radius 3 is 2.77 bits per heavy atom. The molecule has 0 spiro atoms. The molecule has 0 aliphatic rings. The third kappa shape index (κ3) is 5.55. The molecule has 1 unspecified atom stereocenters. The second-order valence-electron chi connectivity index (χ2n) is 4.98. The zero-order chi connectivity index (χ0) is 16.5. The van der Waals surface area contributed by atoms with Crippen LogP contribution in [0, 0.1) is 10.1 Å². The highest BCUT2D eigenvalue weighted by molar-refractivity contribution is 5.92. The number of rotatable bonds is 8. The summed E-state index contributed by atoms with van der Waals surface area (Å²) in [4.78, 5) is 22.3. The van der Waals surface area contributed by atoms with Crippen molar-refractivity contribution in [1.29, 1.82) is 0 Å². The zero-order valence-corrected chi connectivity index (χ0v) is 13.2. The zero-order valence-electron chi connectivity index (χ0n) is 13.2. The SMILES string of the molecule is CCCOc1ccc(/C=C/C(=O)NC(C)CC)cc1[N+](=O)[O-]. The Hall–Kier alpha value is -2.37. The molecule has 0 saturated heterocycles. The van der Waals surface area contributed by atoms with Crippen molar-refractivity contribution >= 4 is 17.7 Å². The topological polar surface area (TPSA) is 81.5 Å². The van der Waals surface area contributed by atoms with Crippen LogP contribution in [0.15, 0.2) is 24.3 Å². The van der Waals surface area contributed by atoms with Gasteiger partial charge in [-0.15, -0.1) is 0 Å². The van der Waals surface area contributed by atoms with Gasteiger partial charge in [-0.1, -0.05) is 19.9 Å². The first-order chi connectivity index (χ1) is 10.5. The molecule has 1 aromatic carbocycles. The van der Waals surface area contributed by atoms with Crippen molar-refractivity contribution in [1.82, 2.24) is 5.32 Å². The van der Waals surface area contributed by atoms with Crippen LogP contribution in [-0.4, -0.2) is 23.5 Å². The Morgan fingerprint density at radius 1 is 1.45 bits per heavy atom. The third-order valence-electron chi connectivity index (χ3n) is 3.07. The number of amides is 1. The molecule has 6 nitrogen and oxygen atoms in total. The minimum Gasteiger partial charge on any atom is -0.487 e. The van der Waals surface area contributed by atoms with Gasteiger partial charge in [0.15, 0.2) is 5.75 Å². The van der Waals surface area contributed by atoms with Gasteiger partial charge in [0.25, 0.3) is 0 Å². The van der Waals surface area contributed by atoms with E-state index in [1.165, 1.54) is 12.1 Å². The molecule has 120 valence electrons. The van der Waals surface area contributed by atoms with Crippen LogP contribution in [0.3, 0.4) is 0 Å². The Morgan fingerprint density at radius 2 is 2.18 bits per heavy atom. The number of hydrogen-bond donors (Lipinski definition) is 1. The van der Waals surface area contributed by atoms with Crippen LogP contribution < -0.4 is 10.1 Å². The molecule has 1 aromatic rings. The number of carbonyl (C=O) groups is 1. The van der Waals surface area contributed by atoms with E-state index in [1.807, 2.05) is 20.8 Å². The molecule has 0 saturated carbocycles. The lowest BCUT2D eigenvalue weighted by Crippen LogP contribution is -2.30. The van der Waals surface area contributed by atoms with Gasteiger partial charge in [0.2, 0.25) is 5.91 Å². The minimum atomic E-state index is -0.485. The van der Waals surface area contributed by atoms with Crippen LogP contribution >= 0.6 is 0 Å². The van der Waals surface area contributed by atoms with Gasteiger partial charge in [-0.2, -0.15) is 0 Å². The number of nitro benzene ring substituents is 1. The Bertz CT molecular complexity index is 555. The summed E-state index contributed by atoms with van der Waals surface area (Å²) in [5.74, 6) is 0.0244. The summed E-state index contributed by atoms with van der Waals surface area (Å²) in [6.07, 6.45) is 4.54. The number of carbonyl (C=O) groups excluding carboxylic acids is 1. The first-order valence-electron chi connectivity index (χ1n) is 7.37. The van der Waals surface area contributed by atoms with Gasteiger partial charge >= 0.3 is 5.69 Å². The number of ether oxygens (including phenoxy) is 1. The van der Waals surface area contributed by atoms with Crippen molar-refractivity contribution in [2.75, 3.05) is 6.61 Å². The fraction of sp³-hybridized carbons (Fsp3) is 0.438. The van der Waals surface area contributed by atoms with E-state index >= 15 is 0 Å². The predicted molar refractivity (Wildman–Crippen MR) is 85.8 cm³/mol. The van der Waals surface area contributed by atoms with Crippen molar-refractivity contribution in [3.05, 3.63) is 40.0 Å². The molecule has 1 rings (SSSR count). The van der Waals surface area contributed by atoms with Crippen molar-refractivity contribution in [2.45, 2.75) is 39.7 Å². The summed E-state index contributed by atoms with van der Waals surface area (Å²) < 4.78 is 5.35. The summed E-state index contributed by atoms with van der Waals surface area (Å²) in [5, 5.41) is 13.9. The summed E-state index contributed by atoms with van der Waals surface area (Å²) >= 11 is 0. The molecular weight excluding hydrogens is 284 g/mol. The Balaban J connectivity index is 2.86. The van der Waals surface area contributed by atoms with Crippen LogP contribution in [0.4, 0.5) is 5.69 Å². The van der Waals surface area contributed by atoms with Gasteiger partial charge in [0, 0.05) is 18.2 Å². The van der Waals surface area contributed by atoms with E-state index in [9.17, 15) is 14.9 Å². The molecule has 0 heterocycles. The highest BCUT2D eigenvalue weighted by atomic mass is 16.6. The van der Waals surface area contributed by atoms with E-state index in [0.29, 0.717) is 12.2 Å². The van der Waals surface area contributed by atoms with Crippen LogP contribution in [-0.2, 0) is 4.79 Å². The fourth-order valence-electron chi connectivity index (χ4n) is 1.68. The molecule has 1 N–H and O–H groups in total. The van der Waals surface area contributed by atoms with E-state index in [1.54, 1.807) is 18.2 Å². The molecule has 0 aromatic heterocycles. The Kier molecular flexibility index (Phi) is 7.08. The van der Waals surface area contributed by atoms with Gasteiger partial charge in [-0.05, 0) is 37.5 Å². The number of nitro groups is 1. The van der Waals surface area contributed by atoms with Crippen LogP contribution in [0.25, 0.3) is 6.08 Å². The normalized spacial score (nSPS) is 12.1. The van der Waals surface area contributed by atoms with Crippen molar-refractivity contribution in [3.63, 3.8) is 0 Å². The van der Waals surface area contributed by atoms with E-state index in [-0.39, 0.29) is 23.4 Å². The van der Waals surface area contributed by atoms with Crippen LogP contribution in [0.5, 0.6) is 5.75 Å². The fourth-order valence-corrected chi connectivity index (χ4v) is 1.68. The molecule has 0 aliphatic heterocycles. The van der Waals surface area contributed by atoms with Crippen molar-refractivity contribution in [2.24, 2.45) is 0 Å². The number of benzene rings is 1. The average molecular weight is 306 g/mol. The molecule has 22 heavy (non-hydrogen) atoms. The maximum Gasteiger partial charge on any atom is 0.311 e. The summed E-state index contributed by atoms with van der Waals surface area (Å²) in [6, 6.07) is 4.74. The second-order valence-corrected chi connectivity index (χ2v) is 4.98. The lowest BCUT2D eigenvalue weighted by molar-refractivity contribution is -0.385. The van der Waals surface area contributed by atoms with E-state index in [0.717, 1.165) is 12.8 Å². The molecule has 0 aliphatic carbocycles. The van der Waals surface area contributed by atoms with E-state index < -0.39 is 4.92 Å². The lowest BCUT2D eigenvalue weighted by atomic mass is 10.1. The van der Waals surface area contributed by atoms with Gasteiger partial charge < -0.3 is 10.1 Å². The summed E-state index contributed by atoms with van der Waals surface area (Å²) in [6.45, 7) is 6.25. The standard InChI is InChI=1S/C16H22N2O4/c1-4-10-22-15-8-6-13(11-14(15)18(20)21)7-9-16(19)17-12(3)5-2/h6-9,11-12H,4-5,10H2,1-3H3,(H,17,19)/b9-7+. The summed E-state index contributed by atoms with van der Waals surface area (Å²) in [7, 11) is 0.